The summed E-state index contributed by atoms with van der Waals surface area (Å²) in [7, 11) is 0. The number of fused-ring (bicyclic) bond motifs is 20. The maximum absolute atomic E-state index is 2.64. The van der Waals surface area contributed by atoms with Crippen molar-refractivity contribution in [3.8, 4) is 55.9 Å². The maximum atomic E-state index is 2.64. The molecule has 5 heteroatoms. The van der Waals surface area contributed by atoms with Gasteiger partial charge in [-0.05, 0) is 168 Å². The van der Waals surface area contributed by atoms with E-state index in [-0.39, 0.29) is 6.71 Å². The Labute approximate surface area is 521 Å². The third-order valence-corrected chi connectivity index (χ3v) is 20.3. The first-order valence-corrected chi connectivity index (χ1v) is 31.4. The Hall–Kier alpha value is -11.7. The van der Waals surface area contributed by atoms with Gasteiger partial charge in [0.2, 0.25) is 0 Å². The van der Waals surface area contributed by atoms with E-state index in [2.05, 4.69) is 340 Å². The van der Waals surface area contributed by atoms with Crippen molar-refractivity contribution in [2.75, 3.05) is 9.80 Å². The Balaban J connectivity index is 0.922. The lowest BCUT2D eigenvalue weighted by Gasteiger charge is -2.45. The minimum absolute atomic E-state index is 0.172. The van der Waals surface area contributed by atoms with Crippen LogP contribution in [0, 0.1) is 0 Å². The van der Waals surface area contributed by atoms with Gasteiger partial charge in [-0.25, -0.2) is 0 Å². The molecule has 14 aromatic carbocycles. The van der Waals surface area contributed by atoms with Gasteiger partial charge >= 0.3 is 0 Å². The van der Waals surface area contributed by atoms with E-state index in [1.54, 1.807) is 0 Å². The van der Waals surface area contributed by atoms with Crippen LogP contribution in [-0.4, -0.2) is 15.8 Å². The Morgan fingerprint density at radius 3 is 1.16 bits per heavy atom. The van der Waals surface area contributed by atoms with Crippen LogP contribution in [0.15, 0.2) is 322 Å². The highest BCUT2D eigenvalue weighted by atomic mass is 15.2. The Kier molecular flexibility index (Phi) is 10.3. The molecule has 0 amide bonds. The molecule has 0 saturated heterocycles. The minimum atomic E-state index is -0.538. The number of rotatable bonds is 6. The van der Waals surface area contributed by atoms with Gasteiger partial charge in [-0.3, -0.25) is 0 Å². The number of hydrogen-bond donors (Lipinski definition) is 0. The van der Waals surface area contributed by atoms with Crippen LogP contribution in [0.4, 0.5) is 34.1 Å². The normalized spacial score (nSPS) is 13.6. The lowest BCUT2D eigenvalue weighted by atomic mass is 9.33. The summed E-state index contributed by atoms with van der Waals surface area (Å²) in [5.74, 6) is 0. The zero-order valence-electron chi connectivity index (χ0n) is 49.0. The van der Waals surface area contributed by atoms with E-state index in [0.29, 0.717) is 0 Å². The molecule has 1 spiro atoms. The topological polar surface area (TPSA) is 16.3 Å². The van der Waals surface area contributed by atoms with E-state index < -0.39 is 5.41 Å². The van der Waals surface area contributed by atoms with Crippen molar-refractivity contribution in [1.29, 1.82) is 0 Å². The highest BCUT2D eigenvalue weighted by Crippen LogP contribution is 2.63. The molecule has 20 rings (SSSR count). The Morgan fingerprint density at radius 2 is 0.633 bits per heavy atom. The lowest BCUT2D eigenvalue weighted by Crippen LogP contribution is -2.61. The van der Waals surface area contributed by atoms with Crippen LogP contribution in [-0.2, 0) is 5.41 Å². The summed E-state index contributed by atoms with van der Waals surface area (Å²) in [5, 5.41) is 4.87. The SMILES string of the molecule is c1ccc(-c2ccc3c(c2)B2c4cc(-c5ccccc5)ccc4N(c4ccc5c(c4)c4ccccc4n5-c4ccccc4)c4cc(-n5c6ccccc6c6ccccc65)cc(c42)N3c2ccc3c(c2)C2(c4ccccc4-c4ccccc42)c2ccccc2-3)cc1. The molecule has 2 aliphatic heterocycles. The molecule has 90 heavy (non-hydrogen) atoms. The molecule has 0 fully saturated rings. The monoisotopic (exact) mass is 1140 g/mol. The van der Waals surface area contributed by atoms with E-state index >= 15 is 0 Å². The average Bonchev–Trinajstić information content (AvgIpc) is 1.37. The van der Waals surface area contributed by atoms with Crippen molar-refractivity contribution in [2.24, 2.45) is 0 Å². The second-order valence-corrected chi connectivity index (χ2v) is 24.7. The molecule has 4 heterocycles. The van der Waals surface area contributed by atoms with Crippen molar-refractivity contribution in [1.82, 2.24) is 9.13 Å². The number of benzene rings is 14. The van der Waals surface area contributed by atoms with Crippen LogP contribution in [0.1, 0.15) is 22.3 Å². The van der Waals surface area contributed by atoms with Gasteiger partial charge < -0.3 is 18.9 Å². The Bertz CT molecular complexity index is 5590. The molecule has 0 atom stereocenters. The summed E-state index contributed by atoms with van der Waals surface area (Å²) in [5.41, 5.74) is 32.2. The molecule has 2 aromatic heterocycles. The summed E-state index contributed by atoms with van der Waals surface area (Å²) < 4.78 is 4.94. The van der Waals surface area contributed by atoms with E-state index in [1.807, 2.05) is 0 Å². The lowest BCUT2D eigenvalue weighted by molar-refractivity contribution is 0.793. The van der Waals surface area contributed by atoms with E-state index in [1.165, 1.54) is 127 Å². The third-order valence-electron chi connectivity index (χ3n) is 20.3. The van der Waals surface area contributed by atoms with Gasteiger partial charge in [-0.2, -0.15) is 0 Å². The van der Waals surface area contributed by atoms with E-state index in [9.17, 15) is 0 Å². The van der Waals surface area contributed by atoms with Crippen molar-refractivity contribution in [3.63, 3.8) is 0 Å². The van der Waals surface area contributed by atoms with Crippen LogP contribution in [0.25, 0.3) is 99.5 Å². The first kappa shape index (κ1) is 49.5. The molecular weight excluding hydrogens is 1090 g/mol. The Morgan fingerprint density at radius 1 is 0.233 bits per heavy atom. The van der Waals surface area contributed by atoms with Crippen molar-refractivity contribution in [2.45, 2.75) is 5.41 Å². The van der Waals surface area contributed by atoms with Gasteiger partial charge in [0, 0.05) is 61.4 Å². The zero-order chi connectivity index (χ0) is 58.8. The van der Waals surface area contributed by atoms with Gasteiger partial charge in [0.05, 0.1) is 33.2 Å². The molecular formula is C85H53BN4. The fourth-order valence-corrected chi connectivity index (χ4v) is 16.7. The van der Waals surface area contributed by atoms with Crippen LogP contribution in [0.5, 0.6) is 0 Å². The molecule has 0 N–H and O–H groups in total. The number of anilines is 6. The average molecular weight is 1140 g/mol. The minimum Gasteiger partial charge on any atom is -0.311 e. The third kappa shape index (κ3) is 6.70. The summed E-state index contributed by atoms with van der Waals surface area (Å²) in [6.45, 7) is -0.172. The molecule has 0 bridgehead atoms. The van der Waals surface area contributed by atoms with E-state index in [4.69, 9.17) is 0 Å². The van der Waals surface area contributed by atoms with Gasteiger partial charge in [0.15, 0.2) is 0 Å². The second-order valence-electron chi connectivity index (χ2n) is 24.7. The summed E-state index contributed by atoms with van der Waals surface area (Å²) in [4.78, 5) is 5.25. The highest BCUT2D eigenvalue weighted by Gasteiger charge is 2.52. The standard InChI is InChI=1S/C85H53BN4/c1-4-22-54(23-5-1)56-40-45-80-74(48-56)86-75-49-57(55-24-6-2-7-25-55)41-46-81(75)89(60-42-44-65-64-30-12-18-36-72(64)85(73(65)51-60)70-34-16-10-28-62(70)63-29-11-17-35-71(63)85)83-53-61(90-76-37-19-13-31-66(76)67-32-14-20-38-77(67)90)52-82(84(83)86)88(80)59-43-47-79-69(50-59)68-33-15-21-39-78(68)87(79)58-26-8-3-9-27-58/h1-53H. The fourth-order valence-electron chi connectivity index (χ4n) is 16.7. The molecule has 0 saturated carbocycles. The van der Waals surface area contributed by atoms with Crippen molar-refractivity contribution < 1.29 is 0 Å². The predicted molar refractivity (Wildman–Crippen MR) is 376 cm³/mol. The van der Waals surface area contributed by atoms with Gasteiger partial charge in [-0.15, -0.1) is 0 Å². The van der Waals surface area contributed by atoms with Crippen LogP contribution in [0.2, 0.25) is 0 Å². The largest absolute Gasteiger partial charge is 0.311 e. The van der Waals surface area contributed by atoms with Gasteiger partial charge in [-0.1, -0.05) is 237 Å². The van der Waals surface area contributed by atoms with Gasteiger partial charge in [0.1, 0.15) is 0 Å². The quantitative estimate of drug-likeness (QED) is 0.154. The summed E-state index contributed by atoms with van der Waals surface area (Å²) in [6, 6.07) is 121. The summed E-state index contributed by atoms with van der Waals surface area (Å²) in [6.07, 6.45) is 0. The second kappa shape index (κ2) is 18.7. The van der Waals surface area contributed by atoms with E-state index in [0.717, 1.165) is 45.5 Å². The smallest absolute Gasteiger partial charge is 0.252 e. The first-order chi connectivity index (χ1) is 44.7. The number of aromatic nitrogens is 2. The number of hydrogen-bond acceptors (Lipinski definition) is 2. The molecule has 16 aromatic rings. The molecule has 0 unspecified atom stereocenters. The first-order valence-electron chi connectivity index (χ1n) is 31.4. The van der Waals surface area contributed by atoms with Crippen LogP contribution >= 0.6 is 0 Å². The number of para-hydroxylation sites is 4. The molecule has 0 radical (unpaired) electrons. The van der Waals surface area contributed by atoms with Crippen molar-refractivity contribution >= 4 is 101 Å². The molecule has 2 aliphatic carbocycles. The van der Waals surface area contributed by atoms with Crippen LogP contribution in [0.3, 0.4) is 0 Å². The zero-order valence-corrected chi connectivity index (χ0v) is 49.0. The molecule has 4 nitrogen and oxygen atoms in total. The van der Waals surface area contributed by atoms with Crippen molar-refractivity contribution in [3.05, 3.63) is 344 Å². The maximum Gasteiger partial charge on any atom is 0.252 e. The number of nitrogens with zero attached hydrogens (tertiary/aromatic N) is 4. The highest BCUT2D eigenvalue weighted by molar-refractivity contribution is 7.00. The molecule has 4 aliphatic rings. The summed E-state index contributed by atoms with van der Waals surface area (Å²) >= 11 is 0. The van der Waals surface area contributed by atoms with Crippen LogP contribution < -0.4 is 26.2 Å². The predicted octanol–water partition coefficient (Wildman–Crippen LogP) is 19.6. The van der Waals surface area contributed by atoms with Gasteiger partial charge in [0.25, 0.3) is 6.71 Å². The molecule has 416 valence electrons. The fraction of sp³-hybridized carbons (Fsp3) is 0.0118.